The number of nitrogens with one attached hydrogen (secondary N) is 1. The quantitative estimate of drug-likeness (QED) is 0.905. The van der Waals surface area contributed by atoms with E-state index in [1.165, 1.54) is 12.8 Å². The summed E-state index contributed by atoms with van der Waals surface area (Å²) in [6.07, 6.45) is 8.39. The van der Waals surface area contributed by atoms with Crippen molar-refractivity contribution >= 4 is 5.91 Å². The minimum atomic E-state index is -0.0867. The van der Waals surface area contributed by atoms with E-state index >= 15 is 0 Å². The maximum atomic E-state index is 12.1. The van der Waals surface area contributed by atoms with Gasteiger partial charge in [0.2, 0.25) is 5.91 Å². The Morgan fingerprint density at radius 3 is 3.09 bits per heavy atom. The van der Waals surface area contributed by atoms with Crippen LogP contribution in [0.1, 0.15) is 69.6 Å². The van der Waals surface area contributed by atoms with E-state index in [4.69, 9.17) is 4.74 Å². The molecule has 2 unspecified atom stereocenters. The molecule has 2 aliphatic heterocycles. The zero-order chi connectivity index (χ0) is 15.4. The zero-order valence-corrected chi connectivity index (χ0v) is 13.4. The molecule has 0 radical (unpaired) electrons. The minimum Gasteiger partial charge on any atom is -0.378 e. The topological polar surface area (TPSA) is 69.0 Å². The molecule has 1 aromatic rings. The Morgan fingerprint density at radius 1 is 1.36 bits per heavy atom. The SMILES string of the molecule is CC(NC(=O)CCC1CCCO1)c1nnc2n1CCCCC2. The normalized spacial score (nSPS) is 22.9. The standard InChI is InChI=1S/C16H26N4O2/c1-12(17-15(21)9-8-13-6-5-11-22-13)16-19-18-14-7-3-2-4-10-20(14)16/h12-13H,2-11H2,1H3,(H,17,21). The van der Waals surface area contributed by atoms with Crippen LogP contribution in [0.3, 0.4) is 0 Å². The number of aryl methyl sites for hydroxylation is 1. The monoisotopic (exact) mass is 306 g/mol. The van der Waals surface area contributed by atoms with E-state index in [1.807, 2.05) is 6.92 Å². The molecule has 22 heavy (non-hydrogen) atoms. The Kier molecular flexibility index (Phi) is 5.08. The molecule has 1 aromatic heterocycles. The number of carbonyl (C=O) groups is 1. The van der Waals surface area contributed by atoms with Crippen LogP contribution in [0.25, 0.3) is 0 Å². The number of hydrogen-bond donors (Lipinski definition) is 1. The summed E-state index contributed by atoms with van der Waals surface area (Å²) >= 11 is 0. The van der Waals surface area contributed by atoms with Crippen LogP contribution in [0.15, 0.2) is 0 Å². The van der Waals surface area contributed by atoms with E-state index in [2.05, 4.69) is 20.1 Å². The van der Waals surface area contributed by atoms with Gasteiger partial charge in [0.15, 0.2) is 5.82 Å². The molecule has 122 valence electrons. The fraction of sp³-hybridized carbons (Fsp3) is 0.812. The van der Waals surface area contributed by atoms with Gasteiger partial charge in [-0.1, -0.05) is 6.42 Å². The van der Waals surface area contributed by atoms with Crippen molar-refractivity contribution in [3.63, 3.8) is 0 Å². The largest absolute Gasteiger partial charge is 0.378 e. The van der Waals surface area contributed by atoms with E-state index in [0.29, 0.717) is 6.42 Å². The van der Waals surface area contributed by atoms with Crippen LogP contribution in [0, 0.1) is 0 Å². The average Bonchev–Trinajstić information content (AvgIpc) is 3.10. The fourth-order valence-corrected chi connectivity index (χ4v) is 3.37. The molecule has 0 saturated carbocycles. The summed E-state index contributed by atoms with van der Waals surface area (Å²) in [6, 6.07) is -0.0867. The molecule has 0 aromatic carbocycles. The summed E-state index contributed by atoms with van der Waals surface area (Å²) in [4.78, 5) is 12.1. The Labute approximate surface area is 131 Å². The van der Waals surface area contributed by atoms with Crippen molar-refractivity contribution in [3.05, 3.63) is 11.6 Å². The van der Waals surface area contributed by atoms with Gasteiger partial charge in [0.05, 0.1) is 12.1 Å². The summed E-state index contributed by atoms with van der Waals surface area (Å²) in [5, 5.41) is 11.7. The van der Waals surface area contributed by atoms with Gasteiger partial charge < -0.3 is 14.6 Å². The Hall–Kier alpha value is -1.43. The highest BCUT2D eigenvalue weighted by Crippen LogP contribution is 2.20. The lowest BCUT2D eigenvalue weighted by molar-refractivity contribution is -0.122. The molecule has 0 bridgehead atoms. The first-order valence-corrected chi connectivity index (χ1v) is 8.57. The second-order valence-corrected chi connectivity index (χ2v) is 6.40. The number of fused-ring (bicyclic) bond motifs is 1. The number of aromatic nitrogens is 3. The van der Waals surface area contributed by atoms with Gasteiger partial charge in [0.1, 0.15) is 5.82 Å². The van der Waals surface area contributed by atoms with Crippen molar-refractivity contribution in [1.29, 1.82) is 0 Å². The van der Waals surface area contributed by atoms with E-state index in [0.717, 1.165) is 56.9 Å². The van der Waals surface area contributed by atoms with E-state index in [-0.39, 0.29) is 18.1 Å². The van der Waals surface area contributed by atoms with Crippen molar-refractivity contribution in [2.45, 2.75) is 77.0 Å². The van der Waals surface area contributed by atoms with Gasteiger partial charge in [-0.15, -0.1) is 10.2 Å². The van der Waals surface area contributed by atoms with E-state index < -0.39 is 0 Å². The maximum Gasteiger partial charge on any atom is 0.220 e. The zero-order valence-electron chi connectivity index (χ0n) is 13.4. The third-order valence-electron chi connectivity index (χ3n) is 4.62. The number of carbonyl (C=O) groups excluding carboxylic acids is 1. The van der Waals surface area contributed by atoms with E-state index in [9.17, 15) is 4.79 Å². The second-order valence-electron chi connectivity index (χ2n) is 6.40. The highest BCUT2D eigenvalue weighted by molar-refractivity contribution is 5.76. The number of hydrogen-bond acceptors (Lipinski definition) is 4. The van der Waals surface area contributed by atoms with Gasteiger partial charge in [0, 0.05) is 26.0 Å². The van der Waals surface area contributed by atoms with Crippen LogP contribution >= 0.6 is 0 Å². The Morgan fingerprint density at radius 2 is 2.27 bits per heavy atom. The second kappa shape index (κ2) is 7.22. The molecule has 6 heteroatoms. The van der Waals surface area contributed by atoms with Gasteiger partial charge >= 0.3 is 0 Å². The molecule has 1 fully saturated rings. The smallest absolute Gasteiger partial charge is 0.220 e. The summed E-state index contributed by atoms with van der Waals surface area (Å²) < 4.78 is 7.75. The van der Waals surface area contributed by atoms with Crippen LogP contribution in [-0.2, 0) is 22.5 Å². The third-order valence-corrected chi connectivity index (χ3v) is 4.62. The molecule has 0 aliphatic carbocycles. The van der Waals surface area contributed by atoms with Gasteiger partial charge in [-0.05, 0) is 39.0 Å². The number of nitrogens with zero attached hydrogens (tertiary/aromatic N) is 3. The lowest BCUT2D eigenvalue weighted by Gasteiger charge is -2.16. The highest BCUT2D eigenvalue weighted by atomic mass is 16.5. The fourth-order valence-electron chi connectivity index (χ4n) is 3.37. The Balaban J connectivity index is 1.53. The Bertz CT molecular complexity index is 508. The highest BCUT2D eigenvalue weighted by Gasteiger charge is 2.21. The predicted octanol–water partition coefficient (Wildman–Crippen LogP) is 2.14. The summed E-state index contributed by atoms with van der Waals surface area (Å²) in [5.41, 5.74) is 0. The summed E-state index contributed by atoms with van der Waals surface area (Å²) in [7, 11) is 0. The molecule has 6 nitrogen and oxygen atoms in total. The molecule has 0 spiro atoms. The van der Waals surface area contributed by atoms with Gasteiger partial charge in [-0.3, -0.25) is 4.79 Å². The van der Waals surface area contributed by atoms with E-state index in [1.54, 1.807) is 0 Å². The molecular formula is C16H26N4O2. The van der Waals surface area contributed by atoms with Crippen molar-refractivity contribution < 1.29 is 9.53 Å². The molecule has 3 heterocycles. The molecule has 2 atom stereocenters. The average molecular weight is 306 g/mol. The lowest BCUT2D eigenvalue weighted by Crippen LogP contribution is -2.29. The number of rotatable bonds is 5. The maximum absolute atomic E-state index is 12.1. The van der Waals surface area contributed by atoms with Crippen molar-refractivity contribution in [2.24, 2.45) is 0 Å². The first kappa shape index (κ1) is 15.5. The van der Waals surface area contributed by atoms with Crippen molar-refractivity contribution in [2.75, 3.05) is 6.61 Å². The van der Waals surface area contributed by atoms with Crippen molar-refractivity contribution in [3.8, 4) is 0 Å². The van der Waals surface area contributed by atoms with Gasteiger partial charge in [-0.2, -0.15) is 0 Å². The molecule has 3 rings (SSSR count). The molecular weight excluding hydrogens is 280 g/mol. The first-order valence-electron chi connectivity index (χ1n) is 8.57. The summed E-state index contributed by atoms with van der Waals surface area (Å²) in [5.74, 6) is 2.03. The first-order chi connectivity index (χ1) is 10.7. The lowest BCUT2D eigenvalue weighted by atomic mass is 10.1. The van der Waals surface area contributed by atoms with Gasteiger partial charge in [-0.25, -0.2) is 0 Å². The van der Waals surface area contributed by atoms with Crippen LogP contribution in [0.4, 0.5) is 0 Å². The van der Waals surface area contributed by atoms with Crippen LogP contribution in [0.2, 0.25) is 0 Å². The third kappa shape index (κ3) is 3.66. The molecule has 1 saturated heterocycles. The summed E-state index contributed by atoms with van der Waals surface area (Å²) in [6.45, 7) is 3.80. The molecule has 1 amide bonds. The van der Waals surface area contributed by atoms with Crippen molar-refractivity contribution in [1.82, 2.24) is 20.1 Å². The predicted molar refractivity (Wildman–Crippen MR) is 82.3 cm³/mol. The van der Waals surface area contributed by atoms with Crippen LogP contribution in [0.5, 0.6) is 0 Å². The van der Waals surface area contributed by atoms with Crippen LogP contribution < -0.4 is 5.32 Å². The number of ether oxygens (including phenoxy) is 1. The number of amides is 1. The minimum absolute atomic E-state index is 0.0778. The molecule has 1 N–H and O–H groups in total. The molecule has 2 aliphatic rings. The van der Waals surface area contributed by atoms with Crippen LogP contribution in [-0.4, -0.2) is 33.4 Å². The van der Waals surface area contributed by atoms with Gasteiger partial charge in [0.25, 0.3) is 0 Å².